The summed E-state index contributed by atoms with van der Waals surface area (Å²) < 4.78 is 162. The fourth-order valence-corrected chi connectivity index (χ4v) is 12.4. The van der Waals surface area contributed by atoms with Crippen LogP contribution in [0.5, 0.6) is 5.06 Å². The van der Waals surface area contributed by atoms with Crippen LogP contribution in [0.2, 0.25) is 0 Å². The van der Waals surface area contributed by atoms with Gasteiger partial charge in [-0.3, -0.25) is 0 Å². The quantitative estimate of drug-likeness (QED) is 0.126. The van der Waals surface area contributed by atoms with Gasteiger partial charge in [-0.2, -0.15) is 47.9 Å². The van der Waals surface area contributed by atoms with Crippen molar-refractivity contribution < 1.29 is 56.3 Å². The molecule has 0 saturated carbocycles. The molecule has 0 spiro atoms. The molecule has 2 aromatic heterocycles. The standard InChI is InChI=1S/C31H21F9O4S4/c1-43-26-18-16-24(45-26)20-12-14-21(15-13-20)25-17-19-27(46-25)47(22-8-4-2-5-9-22,23-10-6-3-7-11-23)44-48(41,42)31(39,40)29(34,35)28(32,33)30(36,37)38/h2-19H,1H3. The van der Waals surface area contributed by atoms with Gasteiger partial charge >= 0.3 is 33.4 Å². The lowest BCUT2D eigenvalue weighted by molar-refractivity contribution is -0.382. The van der Waals surface area contributed by atoms with Crippen LogP contribution in [-0.2, 0) is 13.7 Å². The van der Waals surface area contributed by atoms with E-state index >= 15 is 8.78 Å². The highest BCUT2D eigenvalue weighted by molar-refractivity contribution is 8.34. The molecule has 17 heteroatoms. The second kappa shape index (κ2) is 12.7. The average Bonchev–Trinajstić information content (AvgIpc) is 3.75. The maximum atomic E-state index is 15.1. The SMILES string of the molecule is COc1ccc(-c2ccc(-c3ccc(S(OS(=O)(=O)C(F)(F)C(F)(F)C(F)(F)C(F)(F)F)(c4ccccc4)c4ccccc4)s3)cc2)s1. The van der Waals surface area contributed by atoms with Crippen LogP contribution in [0.4, 0.5) is 39.5 Å². The summed E-state index contributed by atoms with van der Waals surface area (Å²) >= 11 is 2.22. The van der Waals surface area contributed by atoms with Crippen LogP contribution in [0.1, 0.15) is 0 Å². The third kappa shape index (κ3) is 5.99. The van der Waals surface area contributed by atoms with E-state index in [0.29, 0.717) is 15.5 Å². The van der Waals surface area contributed by atoms with Gasteiger partial charge in [-0.15, -0.1) is 11.3 Å². The van der Waals surface area contributed by atoms with Crippen LogP contribution < -0.4 is 4.74 Å². The van der Waals surface area contributed by atoms with Gasteiger partial charge in [-0.05, 0) is 70.0 Å². The van der Waals surface area contributed by atoms with Gasteiger partial charge in [0, 0.05) is 19.5 Å². The maximum absolute atomic E-state index is 15.1. The molecular weight excluding hydrogens is 736 g/mol. The molecule has 2 heterocycles. The zero-order valence-electron chi connectivity index (χ0n) is 24.1. The highest BCUT2D eigenvalue weighted by atomic mass is 32.3. The van der Waals surface area contributed by atoms with Crippen LogP contribution in [0.15, 0.2) is 123 Å². The van der Waals surface area contributed by atoms with Crippen LogP contribution >= 0.6 is 33.0 Å². The summed E-state index contributed by atoms with van der Waals surface area (Å²) in [6, 6.07) is 26.7. The first-order chi connectivity index (χ1) is 22.4. The summed E-state index contributed by atoms with van der Waals surface area (Å²) in [7, 11) is -9.83. The number of ether oxygens (including phenoxy) is 1. The Morgan fingerprint density at radius 3 is 1.46 bits per heavy atom. The molecule has 0 radical (unpaired) electrons. The summed E-state index contributed by atoms with van der Waals surface area (Å²) in [4.78, 5) is 1.01. The first-order valence-corrected chi connectivity index (χ1v) is 17.9. The van der Waals surface area contributed by atoms with Gasteiger partial charge in [0.2, 0.25) is 0 Å². The van der Waals surface area contributed by atoms with Crippen molar-refractivity contribution in [3.8, 4) is 25.9 Å². The zero-order chi connectivity index (χ0) is 35.2. The molecule has 0 aliphatic carbocycles. The molecule has 0 fully saturated rings. The minimum Gasteiger partial charge on any atom is -0.487 e. The van der Waals surface area contributed by atoms with Crippen LogP contribution in [-0.4, -0.2) is 38.8 Å². The van der Waals surface area contributed by atoms with Crippen molar-refractivity contribution in [3.05, 3.63) is 109 Å². The van der Waals surface area contributed by atoms with Gasteiger partial charge in [-0.25, -0.2) is 3.63 Å². The molecule has 3 aromatic carbocycles. The Morgan fingerprint density at radius 2 is 1.02 bits per heavy atom. The van der Waals surface area contributed by atoms with E-state index < -0.39 is 43.7 Å². The lowest BCUT2D eigenvalue weighted by Gasteiger charge is -2.40. The van der Waals surface area contributed by atoms with Crippen LogP contribution in [0.25, 0.3) is 20.9 Å². The van der Waals surface area contributed by atoms with E-state index in [1.165, 1.54) is 91.2 Å². The van der Waals surface area contributed by atoms with Gasteiger partial charge in [0.25, 0.3) is 0 Å². The van der Waals surface area contributed by atoms with Gasteiger partial charge in [0.15, 0.2) is 5.06 Å². The molecule has 5 aromatic rings. The summed E-state index contributed by atoms with van der Waals surface area (Å²) in [6.07, 6.45) is -7.23. The minimum atomic E-state index is -7.47. The molecule has 4 nitrogen and oxygen atoms in total. The van der Waals surface area contributed by atoms with Gasteiger partial charge < -0.3 is 4.74 Å². The molecule has 0 unspecified atom stereocenters. The number of thiophene rings is 2. The summed E-state index contributed by atoms with van der Waals surface area (Å²) in [5.41, 5.74) is 1.39. The third-order valence-corrected chi connectivity index (χ3v) is 14.8. The third-order valence-electron chi connectivity index (χ3n) is 6.87. The Morgan fingerprint density at radius 1 is 0.562 bits per heavy atom. The molecule has 0 N–H and O–H groups in total. The second-order valence-corrected chi connectivity index (χ2v) is 16.7. The average molecular weight is 757 g/mol. The van der Waals surface area contributed by atoms with Crippen molar-refractivity contribution in [1.82, 2.24) is 0 Å². The molecule has 5 rings (SSSR count). The topological polar surface area (TPSA) is 52.6 Å². The molecule has 256 valence electrons. The normalized spacial score (nSPS) is 13.8. The molecule has 0 amide bonds. The van der Waals surface area contributed by atoms with Gasteiger partial charge in [0.05, 0.1) is 11.3 Å². The molecule has 0 aliphatic rings. The predicted molar refractivity (Wildman–Crippen MR) is 166 cm³/mol. The van der Waals surface area contributed by atoms with E-state index in [0.717, 1.165) is 21.8 Å². The molecule has 48 heavy (non-hydrogen) atoms. The largest absolute Gasteiger partial charge is 0.487 e. The van der Waals surface area contributed by atoms with E-state index in [2.05, 4.69) is 0 Å². The minimum absolute atomic E-state index is 0.118. The molecule has 0 bridgehead atoms. The number of methoxy groups -OCH3 is 1. The van der Waals surface area contributed by atoms with Crippen molar-refractivity contribution in [3.63, 3.8) is 0 Å². The molecule has 0 saturated heterocycles. The van der Waals surface area contributed by atoms with E-state index in [4.69, 9.17) is 8.37 Å². The first kappa shape index (κ1) is 35.8. The van der Waals surface area contributed by atoms with Crippen molar-refractivity contribution in [1.29, 1.82) is 0 Å². The Balaban J connectivity index is 1.67. The summed E-state index contributed by atoms with van der Waals surface area (Å²) in [6.45, 7) is 0. The fraction of sp³-hybridized carbons (Fsp3) is 0.161. The Kier molecular flexibility index (Phi) is 9.50. The van der Waals surface area contributed by atoms with E-state index in [-0.39, 0.29) is 14.0 Å². The Bertz CT molecular complexity index is 1940. The highest BCUT2D eigenvalue weighted by Crippen LogP contribution is 2.73. The molecular formula is C31H21F9O4S4. The number of alkyl halides is 9. The second-order valence-electron chi connectivity index (χ2n) is 9.89. The first-order valence-electron chi connectivity index (χ1n) is 13.3. The van der Waals surface area contributed by atoms with Crippen molar-refractivity contribution in [2.45, 2.75) is 37.3 Å². The number of hydrogen-bond acceptors (Lipinski definition) is 6. The highest BCUT2D eigenvalue weighted by Gasteiger charge is 2.86. The number of halogens is 9. The fourth-order valence-electron chi connectivity index (χ4n) is 4.41. The summed E-state index contributed by atoms with van der Waals surface area (Å²) in [5, 5.41) is -6.38. The Hall–Kier alpha value is -3.51. The van der Waals surface area contributed by atoms with Crippen molar-refractivity contribution in [2.75, 3.05) is 7.11 Å². The van der Waals surface area contributed by atoms with Gasteiger partial charge in [-0.1, -0.05) is 72.0 Å². The predicted octanol–water partition coefficient (Wildman–Crippen LogP) is 11.1. The number of benzene rings is 3. The molecule has 0 atom stereocenters. The number of rotatable bonds is 11. The lowest BCUT2D eigenvalue weighted by Crippen LogP contribution is -2.63. The Labute approximate surface area is 278 Å². The van der Waals surface area contributed by atoms with E-state index in [1.54, 1.807) is 30.3 Å². The molecule has 0 aliphatic heterocycles. The van der Waals surface area contributed by atoms with E-state index in [1.807, 2.05) is 6.07 Å². The van der Waals surface area contributed by atoms with Crippen molar-refractivity contribution in [2.24, 2.45) is 0 Å². The summed E-state index contributed by atoms with van der Waals surface area (Å²) in [5.74, 6) is -14.9. The zero-order valence-corrected chi connectivity index (χ0v) is 27.3. The van der Waals surface area contributed by atoms with E-state index in [9.17, 15) is 39.2 Å². The monoisotopic (exact) mass is 756 g/mol. The van der Waals surface area contributed by atoms with Gasteiger partial charge in [0.1, 0.15) is 0 Å². The smallest absolute Gasteiger partial charge is 0.460 e. The lowest BCUT2D eigenvalue weighted by atomic mass is 10.1. The van der Waals surface area contributed by atoms with Crippen LogP contribution in [0, 0.1) is 0 Å². The van der Waals surface area contributed by atoms with Crippen molar-refractivity contribution >= 4 is 43.1 Å². The number of hydrogen-bond donors (Lipinski definition) is 0. The van der Waals surface area contributed by atoms with Crippen LogP contribution in [0.3, 0.4) is 0 Å². The maximum Gasteiger partial charge on any atom is 0.460 e.